The maximum absolute atomic E-state index is 13.4. The summed E-state index contributed by atoms with van der Waals surface area (Å²) in [6.07, 6.45) is 0.659. The quantitative estimate of drug-likeness (QED) is 0.892. The fourth-order valence-corrected chi connectivity index (χ4v) is 2.58. The second kappa shape index (κ2) is 5.78. The summed E-state index contributed by atoms with van der Waals surface area (Å²) < 4.78 is 42.8. The lowest BCUT2D eigenvalue weighted by molar-refractivity contribution is 0.386. The van der Waals surface area contributed by atoms with E-state index in [4.69, 9.17) is 9.88 Å². The van der Waals surface area contributed by atoms with Gasteiger partial charge in [0, 0.05) is 12.1 Å². The maximum Gasteiger partial charge on any atom is 0.273 e. The number of rotatable bonds is 5. The summed E-state index contributed by atoms with van der Waals surface area (Å²) in [6, 6.07) is 4.12. The molecule has 2 N–H and O–H groups in total. The molecule has 7 nitrogen and oxygen atoms in total. The number of aromatic nitrogens is 3. The van der Waals surface area contributed by atoms with Crippen LogP contribution in [0.1, 0.15) is 13.3 Å². The van der Waals surface area contributed by atoms with Crippen molar-refractivity contribution in [2.75, 3.05) is 7.11 Å². The average Bonchev–Trinajstić information content (AvgIpc) is 2.83. The monoisotopic (exact) mass is 314 g/mol. The van der Waals surface area contributed by atoms with Crippen LogP contribution in [0.5, 0.6) is 5.75 Å². The molecular weight excluding hydrogens is 299 g/mol. The zero-order valence-corrected chi connectivity index (χ0v) is 12.4. The third kappa shape index (κ3) is 3.03. The van der Waals surface area contributed by atoms with Gasteiger partial charge in [0.05, 0.1) is 7.11 Å². The SMILES string of the molecule is CCCn1c(-c2ccc(F)c(OC)c2)nnc1S(N)(=O)=O. The van der Waals surface area contributed by atoms with E-state index >= 15 is 0 Å². The summed E-state index contributed by atoms with van der Waals surface area (Å²) in [7, 11) is -2.64. The van der Waals surface area contributed by atoms with Crippen LogP contribution in [0.2, 0.25) is 0 Å². The number of benzene rings is 1. The van der Waals surface area contributed by atoms with E-state index in [9.17, 15) is 12.8 Å². The van der Waals surface area contributed by atoms with Gasteiger partial charge in [-0.1, -0.05) is 6.92 Å². The van der Waals surface area contributed by atoms with Crippen molar-refractivity contribution in [3.05, 3.63) is 24.0 Å². The number of halogens is 1. The third-order valence-electron chi connectivity index (χ3n) is 2.83. The molecule has 9 heteroatoms. The molecule has 1 aromatic carbocycles. The Kier molecular flexibility index (Phi) is 4.24. The molecule has 0 spiro atoms. The van der Waals surface area contributed by atoms with Crippen LogP contribution in [0.15, 0.2) is 23.4 Å². The van der Waals surface area contributed by atoms with Crippen LogP contribution in [0, 0.1) is 5.82 Å². The minimum atomic E-state index is -3.98. The van der Waals surface area contributed by atoms with E-state index in [1.807, 2.05) is 6.92 Å². The molecule has 0 aliphatic carbocycles. The van der Waals surface area contributed by atoms with E-state index < -0.39 is 15.8 Å². The van der Waals surface area contributed by atoms with Crippen LogP contribution in [-0.4, -0.2) is 30.3 Å². The summed E-state index contributed by atoms with van der Waals surface area (Å²) in [5, 5.41) is 12.3. The Bertz CT molecular complexity index is 758. The van der Waals surface area contributed by atoms with Crippen LogP contribution in [-0.2, 0) is 16.6 Å². The first-order valence-electron chi connectivity index (χ1n) is 6.18. The molecule has 0 radical (unpaired) electrons. The van der Waals surface area contributed by atoms with Gasteiger partial charge in [0.25, 0.3) is 15.2 Å². The topological polar surface area (TPSA) is 100 Å². The fraction of sp³-hybridized carbons (Fsp3) is 0.333. The van der Waals surface area contributed by atoms with Gasteiger partial charge in [-0.2, -0.15) is 0 Å². The molecule has 0 saturated carbocycles. The summed E-state index contributed by atoms with van der Waals surface area (Å²) in [5.41, 5.74) is 0.490. The van der Waals surface area contributed by atoms with Crippen molar-refractivity contribution >= 4 is 10.0 Å². The van der Waals surface area contributed by atoms with E-state index in [1.54, 1.807) is 0 Å². The van der Waals surface area contributed by atoms with E-state index in [0.29, 0.717) is 24.4 Å². The van der Waals surface area contributed by atoms with Gasteiger partial charge in [0.15, 0.2) is 17.4 Å². The first-order chi connectivity index (χ1) is 9.88. The van der Waals surface area contributed by atoms with Crippen LogP contribution in [0.3, 0.4) is 0 Å². The number of sulfonamides is 1. The number of nitrogens with two attached hydrogens (primary N) is 1. The lowest BCUT2D eigenvalue weighted by Crippen LogP contribution is -2.19. The highest BCUT2D eigenvalue weighted by Gasteiger charge is 2.22. The van der Waals surface area contributed by atoms with Crippen molar-refractivity contribution in [2.45, 2.75) is 25.0 Å². The fourth-order valence-electron chi connectivity index (χ4n) is 1.94. The second-order valence-corrected chi connectivity index (χ2v) is 5.81. The van der Waals surface area contributed by atoms with Crippen molar-refractivity contribution in [3.8, 4) is 17.1 Å². The smallest absolute Gasteiger partial charge is 0.273 e. The standard InChI is InChI=1S/C12H15FN4O3S/c1-3-6-17-11(15-16-12(17)21(14,18)19)8-4-5-9(13)10(7-8)20-2/h4-5,7H,3,6H2,1-2H3,(H2,14,18,19). The Morgan fingerprint density at radius 1 is 1.38 bits per heavy atom. The van der Waals surface area contributed by atoms with Crippen molar-refractivity contribution in [1.29, 1.82) is 0 Å². The highest BCUT2D eigenvalue weighted by Crippen LogP contribution is 2.26. The third-order valence-corrected chi connectivity index (χ3v) is 3.64. The molecule has 2 aromatic rings. The predicted molar refractivity (Wildman–Crippen MR) is 73.6 cm³/mol. The molecule has 0 bridgehead atoms. The maximum atomic E-state index is 13.4. The van der Waals surface area contributed by atoms with Crippen LogP contribution in [0.4, 0.5) is 4.39 Å². The predicted octanol–water partition coefficient (Wildman–Crippen LogP) is 1.15. The first-order valence-corrected chi connectivity index (χ1v) is 7.73. The van der Waals surface area contributed by atoms with E-state index in [1.165, 1.54) is 29.9 Å². The number of hydrogen-bond donors (Lipinski definition) is 1. The zero-order valence-electron chi connectivity index (χ0n) is 11.6. The number of ether oxygens (including phenoxy) is 1. The highest BCUT2D eigenvalue weighted by molar-refractivity contribution is 7.89. The molecule has 0 atom stereocenters. The Labute approximate surface area is 121 Å². The van der Waals surface area contributed by atoms with Crippen LogP contribution < -0.4 is 9.88 Å². The molecular formula is C12H15FN4O3S. The van der Waals surface area contributed by atoms with Gasteiger partial charge >= 0.3 is 0 Å². The summed E-state index contributed by atoms with van der Waals surface area (Å²) in [4.78, 5) is 0. The molecule has 0 aliphatic heterocycles. The van der Waals surface area contributed by atoms with Crippen molar-refractivity contribution in [3.63, 3.8) is 0 Å². The van der Waals surface area contributed by atoms with Gasteiger partial charge in [-0.3, -0.25) is 4.57 Å². The van der Waals surface area contributed by atoms with Crippen molar-refractivity contribution < 1.29 is 17.5 Å². The summed E-state index contributed by atoms with van der Waals surface area (Å²) in [5.74, 6) is -0.190. The summed E-state index contributed by atoms with van der Waals surface area (Å²) in [6.45, 7) is 2.25. The molecule has 0 amide bonds. The van der Waals surface area contributed by atoms with Gasteiger partial charge in [0.2, 0.25) is 0 Å². The molecule has 1 aromatic heterocycles. The zero-order chi connectivity index (χ0) is 15.6. The first kappa shape index (κ1) is 15.4. The molecule has 2 rings (SSSR count). The van der Waals surface area contributed by atoms with E-state index in [0.717, 1.165) is 0 Å². The van der Waals surface area contributed by atoms with E-state index in [2.05, 4.69) is 10.2 Å². The van der Waals surface area contributed by atoms with Gasteiger partial charge < -0.3 is 4.74 Å². The Hall–Kier alpha value is -2.00. The van der Waals surface area contributed by atoms with Gasteiger partial charge in [0.1, 0.15) is 0 Å². The average molecular weight is 314 g/mol. The molecule has 114 valence electrons. The number of hydrogen-bond acceptors (Lipinski definition) is 5. The van der Waals surface area contributed by atoms with Gasteiger partial charge in [-0.05, 0) is 24.6 Å². The highest BCUT2D eigenvalue weighted by atomic mass is 32.2. The number of methoxy groups -OCH3 is 1. The van der Waals surface area contributed by atoms with Crippen molar-refractivity contribution in [2.24, 2.45) is 5.14 Å². The van der Waals surface area contributed by atoms with Crippen LogP contribution in [0.25, 0.3) is 11.4 Å². The van der Waals surface area contributed by atoms with E-state index in [-0.39, 0.29) is 10.9 Å². The Morgan fingerprint density at radius 2 is 2.10 bits per heavy atom. The molecule has 0 unspecified atom stereocenters. The Morgan fingerprint density at radius 3 is 2.67 bits per heavy atom. The summed E-state index contributed by atoms with van der Waals surface area (Å²) >= 11 is 0. The van der Waals surface area contributed by atoms with Gasteiger partial charge in [-0.15, -0.1) is 10.2 Å². The second-order valence-electron chi connectivity index (χ2n) is 4.35. The van der Waals surface area contributed by atoms with Crippen molar-refractivity contribution in [1.82, 2.24) is 14.8 Å². The number of primary sulfonamides is 1. The molecule has 21 heavy (non-hydrogen) atoms. The molecule has 0 fully saturated rings. The molecule has 1 heterocycles. The normalized spacial score (nSPS) is 11.6. The number of nitrogens with zero attached hydrogens (tertiary/aromatic N) is 3. The lowest BCUT2D eigenvalue weighted by Gasteiger charge is -2.09. The lowest BCUT2D eigenvalue weighted by atomic mass is 10.2. The van der Waals surface area contributed by atoms with Gasteiger partial charge in [-0.25, -0.2) is 17.9 Å². The van der Waals surface area contributed by atoms with Crippen LogP contribution >= 0.6 is 0 Å². The molecule has 0 aliphatic rings. The molecule has 0 saturated heterocycles. The largest absolute Gasteiger partial charge is 0.494 e. The Balaban J connectivity index is 2.61. The minimum absolute atomic E-state index is 0.0377. The minimum Gasteiger partial charge on any atom is -0.494 e.